The number of aliphatic hydroxyl groups is 1. The number of benzene rings is 1. The van der Waals surface area contributed by atoms with Crippen molar-refractivity contribution in [3.05, 3.63) is 34.9 Å². The standard InChI is InChI=1S/C17H23NO2/c19-16(10-12-4-2-1-3-5-12)14-7-6-13-8-9-18-17(20)15(13)11-14/h6-7,11-12,16,19H,1-5,8-10H2,(H,18,20). The van der Waals surface area contributed by atoms with Crippen molar-refractivity contribution in [3.63, 3.8) is 0 Å². The van der Waals surface area contributed by atoms with E-state index in [4.69, 9.17) is 0 Å². The van der Waals surface area contributed by atoms with Gasteiger partial charge >= 0.3 is 0 Å². The van der Waals surface area contributed by atoms with Crippen LogP contribution in [-0.4, -0.2) is 17.6 Å². The number of hydrogen-bond acceptors (Lipinski definition) is 2. The van der Waals surface area contributed by atoms with Crippen LogP contribution in [0.5, 0.6) is 0 Å². The van der Waals surface area contributed by atoms with Crippen molar-refractivity contribution in [1.82, 2.24) is 5.32 Å². The Kier molecular flexibility index (Phi) is 4.06. The summed E-state index contributed by atoms with van der Waals surface area (Å²) in [7, 11) is 0. The van der Waals surface area contributed by atoms with Crippen molar-refractivity contribution in [3.8, 4) is 0 Å². The molecule has 2 aliphatic rings. The normalized spacial score (nSPS) is 21.1. The van der Waals surface area contributed by atoms with Crippen LogP contribution in [0.2, 0.25) is 0 Å². The van der Waals surface area contributed by atoms with E-state index in [2.05, 4.69) is 5.32 Å². The molecule has 1 amide bonds. The molecule has 2 N–H and O–H groups in total. The topological polar surface area (TPSA) is 49.3 Å². The maximum atomic E-state index is 11.9. The van der Waals surface area contributed by atoms with Crippen LogP contribution >= 0.6 is 0 Å². The maximum absolute atomic E-state index is 11.9. The van der Waals surface area contributed by atoms with Crippen molar-refractivity contribution in [2.75, 3.05) is 6.54 Å². The lowest BCUT2D eigenvalue weighted by molar-refractivity contribution is 0.0945. The van der Waals surface area contributed by atoms with Crippen LogP contribution in [-0.2, 0) is 6.42 Å². The first-order valence-corrected chi connectivity index (χ1v) is 7.83. The number of amides is 1. The molecule has 1 aliphatic carbocycles. The minimum atomic E-state index is -0.432. The summed E-state index contributed by atoms with van der Waals surface area (Å²) in [6.07, 6.45) is 7.70. The fourth-order valence-corrected chi connectivity index (χ4v) is 3.51. The largest absolute Gasteiger partial charge is 0.388 e. The number of carbonyl (C=O) groups excluding carboxylic acids is 1. The van der Waals surface area contributed by atoms with Crippen molar-refractivity contribution < 1.29 is 9.90 Å². The number of fused-ring (bicyclic) bond motifs is 1. The van der Waals surface area contributed by atoms with Gasteiger partial charge in [-0.1, -0.05) is 44.2 Å². The lowest BCUT2D eigenvalue weighted by atomic mass is 9.83. The molecule has 0 aromatic heterocycles. The van der Waals surface area contributed by atoms with Gasteiger partial charge in [-0.3, -0.25) is 4.79 Å². The van der Waals surface area contributed by atoms with E-state index >= 15 is 0 Å². The maximum Gasteiger partial charge on any atom is 0.251 e. The molecule has 1 heterocycles. The minimum Gasteiger partial charge on any atom is -0.388 e. The Hall–Kier alpha value is -1.35. The Morgan fingerprint density at radius 1 is 1.25 bits per heavy atom. The van der Waals surface area contributed by atoms with Crippen molar-refractivity contribution in [1.29, 1.82) is 0 Å². The van der Waals surface area contributed by atoms with E-state index in [0.29, 0.717) is 5.92 Å². The summed E-state index contributed by atoms with van der Waals surface area (Å²) in [6, 6.07) is 5.88. The number of carbonyl (C=O) groups is 1. The molecule has 0 saturated heterocycles. The third-order valence-corrected chi connectivity index (χ3v) is 4.72. The summed E-state index contributed by atoms with van der Waals surface area (Å²) < 4.78 is 0. The molecule has 3 heteroatoms. The summed E-state index contributed by atoms with van der Waals surface area (Å²) in [4.78, 5) is 11.9. The quantitative estimate of drug-likeness (QED) is 0.889. The molecule has 1 unspecified atom stereocenters. The molecule has 108 valence electrons. The van der Waals surface area contributed by atoms with E-state index in [1.165, 1.54) is 32.1 Å². The Bertz CT molecular complexity index is 492. The second kappa shape index (κ2) is 5.96. The highest BCUT2D eigenvalue weighted by Gasteiger charge is 2.21. The summed E-state index contributed by atoms with van der Waals surface area (Å²) >= 11 is 0. The van der Waals surface area contributed by atoms with E-state index in [1.807, 2.05) is 18.2 Å². The highest BCUT2D eigenvalue weighted by Crippen LogP contribution is 2.32. The zero-order valence-electron chi connectivity index (χ0n) is 11.9. The SMILES string of the molecule is O=C1NCCc2ccc(C(O)CC3CCCCC3)cc21. The molecule has 0 spiro atoms. The molecule has 1 aromatic carbocycles. The van der Waals surface area contributed by atoms with E-state index in [0.717, 1.165) is 36.1 Å². The number of hydrogen-bond donors (Lipinski definition) is 2. The Balaban J connectivity index is 1.72. The zero-order chi connectivity index (χ0) is 13.9. The third kappa shape index (κ3) is 2.88. The predicted molar refractivity (Wildman–Crippen MR) is 78.6 cm³/mol. The molecule has 1 atom stereocenters. The first kappa shape index (κ1) is 13.6. The molecule has 3 nitrogen and oxygen atoms in total. The van der Waals surface area contributed by atoms with Crippen LogP contribution in [0.3, 0.4) is 0 Å². The average molecular weight is 273 g/mol. The van der Waals surface area contributed by atoms with Gasteiger partial charge in [0.15, 0.2) is 0 Å². The van der Waals surface area contributed by atoms with Crippen LogP contribution < -0.4 is 5.32 Å². The number of rotatable bonds is 3. The molecule has 1 saturated carbocycles. The second-order valence-electron chi connectivity index (χ2n) is 6.18. The summed E-state index contributed by atoms with van der Waals surface area (Å²) in [5.74, 6) is 0.640. The Labute approximate surface area is 120 Å². The van der Waals surface area contributed by atoms with E-state index in [-0.39, 0.29) is 5.91 Å². The fourth-order valence-electron chi connectivity index (χ4n) is 3.51. The lowest BCUT2D eigenvalue weighted by Gasteiger charge is -2.25. The smallest absolute Gasteiger partial charge is 0.251 e. The molecule has 0 radical (unpaired) electrons. The first-order valence-electron chi connectivity index (χ1n) is 7.83. The van der Waals surface area contributed by atoms with Gasteiger partial charge < -0.3 is 10.4 Å². The van der Waals surface area contributed by atoms with Gasteiger partial charge in [-0.2, -0.15) is 0 Å². The minimum absolute atomic E-state index is 0.00188. The molecule has 0 bridgehead atoms. The third-order valence-electron chi connectivity index (χ3n) is 4.72. The predicted octanol–water partition coefficient (Wildman–Crippen LogP) is 2.98. The van der Waals surface area contributed by atoms with Crippen LogP contribution in [0.15, 0.2) is 18.2 Å². The molecular formula is C17H23NO2. The molecule has 1 aromatic rings. The van der Waals surface area contributed by atoms with Crippen LogP contribution in [0, 0.1) is 5.92 Å². The van der Waals surface area contributed by atoms with Crippen LogP contribution in [0.1, 0.15) is 66.1 Å². The molecule has 1 fully saturated rings. The number of aliphatic hydroxyl groups excluding tert-OH is 1. The molecule has 20 heavy (non-hydrogen) atoms. The van der Waals surface area contributed by atoms with Crippen molar-refractivity contribution in [2.45, 2.75) is 51.0 Å². The van der Waals surface area contributed by atoms with Gasteiger partial charge in [0.05, 0.1) is 6.10 Å². The van der Waals surface area contributed by atoms with Crippen LogP contribution in [0.4, 0.5) is 0 Å². The van der Waals surface area contributed by atoms with Gasteiger partial charge in [0, 0.05) is 12.1 Å². The molecule has 3 rings (SSSR count). The van der Waals surface area contributed by atoms with E-state index < -0.39 is 6.10 Å². The monoisotopic (exact) mass is 273 g/mol. The van der Waals surface area contributed by atoms with Gasteiger partial charge in [-0.25, -0.2) is 0 Å². The zero-order valence-corrected chi connectivity index (χ0v) is 11.9. The summed E-state index contributed by atoms with van der Waals surface area (Å²) in [6.45, 7) is 0.718. The molecular weight excluding hydrogens is 250 g/mol. The average Bonchev–Trinajstić information content (AvgIpc) is 2.48. The summed E-state index contributed by atoms with van der Waals surface area (Å²) in [5, 5.41) is 13.3. The van der Waals surface area contributed by atoms with Gasteiger partial charge in [0.2, 0.25) is 0 Å². The molecule has 1 aliphatic heterocycles. The highest BCUT2D eigenvalue weighted by molar-refractivity contribution is 5.96. The Morgan fingerprint density at radius 2 is 2.05 bits per heavy atom. The van der Waals surface area contributed by atoms with Gasteiger partial charge in [0.25, 0.3) is 5.91 Å². The fraction of sp³-hybridized carbons (Fsp3) is 0.588. The second-order valence-corrected chi connectivity index (χ2v) is 6.18. The first-order chi connectivity index (χ1) is 9.74. The highest BCUT2D eigenvalue weighted by atomic mass is 16.3. The van der Waals surface area contributed by atoms with Gasteiger partial charge in [-0.15, -0.1) is 0 Å². The van der Waals surface area contributed by atoms with E-state index in [1.54, 1.807) is 0 Å². The Morgan fingerprint density at radius 3 is 2.85 bits per heavy atom. The van der Waals surface area contributed by atoms with E-state index in [9.17, 15) is 9.90 Å². The van der Waals surface area contributed by atoms with Gasteiger partial charge in [0.1, 0.15) is 0 Å². The van der Waals surface area contributed by atoms with Crippen molar-refractivity contribution in [2.24, 2.45) is 5.92 Å². The summed E-state index contributed by atoms with van der Waals surface area (Å²) in [5.41, 5.74) is 2.74. The number of nitrogens with one attached hydrogen (secondary N) is 1. The lowest BCUT2D eigenvalue weighted by Crippen LogP contribution is -2.31. The van der Waals surface area contributed by atoms with Gasteiger partial charge in [-0.05, 0) is 36.0 Å². The van der Waals surface area contributed by atoms with Crippen LogP contribution in [0.25, 0.3) is 0 Å². The van der Waals surface area contributed by atoms with Crippen molar-refractivity contribution >= 4 is 5.91 Å².